The average Bonchev–Trinajstić information content (AvgIpc) is 2.81. The third kappa shape index (κ3) is 2.24. The molecular formula is C14H9BrN2O2. The van der Waals surface area contributed by atoms with Crippen molar-refractivity contribution in [1.82, 2.24) is 9.38 Å². The van der Waals surface area contributed by atoms with Crippen LogP contribution in [0.1, 0.15) is 10.4 Å². The molecule has 94 valence electrons. The van der Waals surface area contributed by atoms with Gasteiger partial charge in [0.1, 0.15) is 5.65 Å². The molecule has 4 nitrogen and oxygen atoms in total. The smallest absolute Gasteiger partial charge is 0.335 e. The van der Waals surface area contributed by atoms with E-state index >= 15 is 0 Å². The standard InChI is InChI=1S/C14H9BrN2O2/c15-11-4-5-17-8-12(16-13(17)7-11)9-2-1-3-10(6-9)14(18)19/h1-8H,(H,18,19). The number of carboxylic acids is 1. The molecule has 0 bridgehead atoms. The van der Waals surface area contributed by atoms with Crippen LogP contribution in [0.3, 0.4) is 0 Å². The molecule has 0 unspecified atom stereocenters. The summed E-state index contributed by atoms with van der Waals surface area (Å²) in [5.74, 6) is -0.937. The molecule has 2 aromatic heterocycles. The number of nitrogens with zero attached hydrogens (tertiary/aromatic N) is 2. The Kier molecular flexibility index (Phi) is 2.83. The topological polar surface area (TPSA) is 54.6 Å². The third-order valence-electron chi connectivity index (χ3n) is 2.83. The van der Waals surface area contributed by atoms with Crippen molar-refractivity contribution in [3.05, 3.63) is 58.8 Å². The summed E-state index contributed by atoms with van der Waals surface area (Å²) in [6, 6.07) is 10.6. The quantitative estimate of drug-likeness (QED) is 0.787. The SMILES string of the molecule is O=C(O)c1cccc(-c2cn3ccc(Br)cc3n2)c1. The number of carboxylic acid groups (broad SMARTS) is 1. The molecule has 0 radical (unpaired) electrons. The van der Waals surface area contributed by atoms with E-state index < -0.39 is 5.97 Å². The lowest BCUT2D eigenvalue weighted by Gasteiger charge is -1.98. The van der Waals surface area contributed by atoms with E-state index in [1.807, 2.05) is 35.0 Å². The van der Waals surface area contributed by atoms with Crippen LogP contribution in [0.4, 0.5) is 0 Å². The summed E-state index contributed by atoms with van der Waals surface area (Å²) in [5, 5.41) is 9.00. The molecular weight excluding hydrogens is 308 g/mol. The average molecular weight is 317 g/mol. The highest BCUT2D eigenvalue weighted by Crippen LogP contribution is 2.22. The van der Waals surface area contributed by atoms with Crippen LogP contribution in [0.2, 0.25) is 0 Å². The van der Waals surface area contributed by atoms with Gasteiger partial charge in [-0.05, 0) is 24.3 Å². The van der Waals surface area contributed by atoms with Crippen LogP contribution in [0.5, 0.6) is 0 Å². The van der Waals surface area contributed by atoms with E-state index in [1.165, 1.54) is 0 Å². The van der Waals surface area contributed by atoms with Gasteiger partial charge >= 0.3 is 5.97 Å². The molecule has 1 N–H and O–H groups in total. The number of halogens is 1. The van der Waals surface area contributed by atoms with Crippen LogP contribution in [0, 0.1) is 0 Å². The van der Waals surface area contributed by atoms with Crippen molar-refractivity contribution in [2.75, 3.05) is 0 Å². The van der Waals surface area contributed by atoms with Crippen LogP contribution in [0.25, 0.3) is 16.9 Å². The Morgan fingerprint density at radius 1 is 1.26 bits per heavy atom. The van der Waals surface area contributed by atoms with E-state index in [-0.39, 0.29) is 5.56 Å². The van der Waals surface area contributed by atoms with Gasteiger partial charge in [-0.25, -0.2) is 9.78 Å². The van der Waals surface area contributed by atoms with Gasteiger partial charge in [0.25, 0.3) is 0 Å². The van der Waals surface area contributed by atoms with Crippen molar-refractivity contribution < 1.29 is 9.90 Å². The van der Waals surface area contributed by atoms with E-state index in [2.05, 4.69) is 20.9 Å². The molecule has 0 spiro atoms. The number of fused-ring (bicyclic) bond motifs is 1. The zero-order valence-electron chi connectivity index (χ0n) is 9.75. The summed E-state index contributed by atoms with van der Waals surface area (Å²) in [7, 11) is 0. The van der Waals surface area contributed by atoms with Gasteiger partial charge in [-0.3, -0.25) is 0 Å². The third-order valence-corrected chi connectivity index (χ3v) is 3.32. The molecule has 0 amide bonds. The Bertz CT molecular complexity index is 780. The van der Waals surface area contributed by atoms with Gasteiger partial charge in [0.2, 0.25) is 0 Å². The first-order valence-corrected chi connectivity index (χ1v) is 6.41. The fraction of sp³-hybridized carbons (Fsp3) is 0. The number of carbonyl (C=O) groups is 1. The molecule has 0 atom stereocenters. The van der Waals surface area contributed by atoms with Crippen LogP contribution in [-0.2, 0) is 0 Å². The number of aromatic nitrogens is 2. The van der Waals surface area contributed by atoms with Crippen molar-refractivity contribution >= 4 is 27.5 Å². The van der Waals surface area contributed by atoms with E-state index in [0.717, 1.165) is 21.4 Å². The fourth-order valence-electron chi connectivity index (χ4n) is 1.91. The van der Waals surface area contributed by atoms with Crippen molar-refractivity contribution in [2.45, 2.75) is 0 Å². The van der Waals surface area contributed by atoms with Crippen molar-refractivity contribution in [1.29, 1.82) is 0 Å². The number of benzene rings is 1. The zero-order chi connectivity index (χ0) is 13.4. The van der Waals surface area contributed by atoms with Crippen molar-refractivity contribution in [2.24, 2.45) is 0 Å². The molecule has 1 aromatic carbocycles. The second-order valence-corrected chi connectivity index (χ2v) is 5.04. The number of hydrogen-bond donors (Lipinski definition) is 1. The molecule has 5 heteroatoms. The Morgan fingerprint density at radius 3 is 2.89 bits per heavy atom. The molecule has 0 aliphatic carbocycles. The van der Waals surface area contributed by atoms with Crippen molar-refractivity contribution in [3.63, 3.8) is 0 Å². The number of pyridine rings is 1. The minimum Gasteiger partial charge on any atom is -0.478 e. The van der Waals surface area contributed by atoms with Crippen LogP contribution in [0.15, 0.2) is 53.3 Å². The summed E-state index contributed by atoms with van der Waals surface area (Å²) in [6.45, 7) is 0. The molecule has 2 heterocycles. The van der Waals surface area contributed by atoms with Gasteiger partial charge in [-0.2, -0.15) is 0 Å². The van der Waals surface area contributed by atoms with E-state index in [9.17, 15) is 4.79 Å². The Morgan fingerprint density at radius 2 is 2.11 bits per heavy atom. The van der Waals surface area contributed by atoms with E-state index in [4.69, 9.17) is 5.11 Å². The first kappa shape index (κ1) is 11.9. The Balaban J connectivity index is 2.13. The van der Waals surface area contributed by atoms with Crippen LogP contribution < -0.4 is 0 Å². The number of rotatable bonds is 2. The number of hydrogen-bond acceptors (Lipinski definition) is 2. The molecule has 3 aromatic rings. The van der Waals surface area contributed by atoms with Crippen LogP contribution >= 0.6 is 15.9 Å². The maximum Gasteiger partial charge on any atom is 0.335 e. The maximum atomic E-state index is 11.0. The van der Waals surface area contributed by atoms with Crippen molar-refractivity contribution in [3.8, 4) is 11.3 Å². The van der Waals surface area contributed by atoms with E-state index in [0.29, 0.717) is 0 Å². The van der Waals surface area contributed by atoms with Gasteiger partial charge in [0.05, 0.1) is 11.3 Å². The van der Waals surface area contributed by atoms with Gasteiger partial charge in [0.15, 0.2) is 0 Å². The lowest BCUT2D eigenvalue weighted by Crippen LogP contribution is -1.95. The van der Waals surface area contributed by atoms with E-state index in [1.54, 1.807) is 18.2 Å². The molecule has 0 fully saturated rings. The summed E-state index contributed by atoms with van der Waals surface area (Å²) >= 11 is 3.40. The van der Waals surface area contributed by atoms with Crippen LogP contribution in [-0.4, -0.2) is 20.5 Å². The molecule has 0 saturated heterocycles. The van der Waals surface area contributed by atoms with Gasteiger partial charge in [-0.1, -0.05) is 28.1 Å². The predicted octanol–water partition coefficient (Wildman–Crippen LogP) is 3.46. The summed E-state index contributed by atoms with van der Waals surface area (Å²) < 4.78 is 2.85. The highest BCUT2D eigenvalue weighted by molar-refractivity contribution is 9.10. The number of imidazole rings is 1. The molecule has 0 saturated carbocycles. The normalized spacial score (nSPS) is 10.8. The second-order valence-electron chi connectivity index (χ2n) is 4.12. The lowest BCUT2D eigenvalue weighted by atomic mass is 10.1. The summed E-state index contributed by atoms with van der Waals surface area (Å²) in [6.07, 6.45) is 3.78. The second kappa shape index (κ2) is 4.51. The monoisotopic (exact) mass is 316 g/mol. The largest absolute Gasteiger partial charge is 0.478 e. The fourth-order valence-corrected chi connectivity index (χ4v) is 2.23. The van der Waals surface area contributed by atoms with Gasteiger partial charge in [-0.15, -0.1) is 0 Å². The first-order valence-electron chi connectivity index (χ1n) is 5.61. The van der Waals surface area contributed by atoms with Gasteiger partial charge < -0.3 is 9.51 Å². The predicted molar refractivity (Wildman–Crippen MR) is 75.3 cm³/mol. The zero-order valence-corrected chi connectivity index (χ0v) is 11.3. The molecule has 0 aliphatic heterocycles. The summed E-state index contributed by atoms with van der Waals surface area (Å²) in [5.41, 5.74) is 2.61. The maximum absolute atomic E-state index is 11.0. The first-order chi connectivity index (χ1) is 9.13. The Hall–Kier alpha value is -2.14. The molecule has 3 rings (SSSR count). The lowest BCUT2D eigenvalue weighted by molar-refractivity contribution is 0.0697. The highest BCUT2D eigenvalue weighted by atomic mass is 79.9. The molecule has 0 aliphatic rings. The van der Waals surface area contributed by atoms with Gasteiger partial charge in [0, 0.05) is 22.4 Å². The number of aromatic carboxylic acids is 1. The summed E-state index contributed by atoms with van der Waals surface area (Å²) in [4.78, 5) is 15.5. The highest BCUT2D eigenvalue weighted by Gasteiger charge is 2.08. The molecule has 19 heavy (non-hydrogen) atoms. The minimum absolute atomic E-state index is 0.260. The Labute approximate surface area is 117 Å². The minimum atomic E-state index is -0.937.